The molecule has 0 saturated carbocycles. The van der Waals surface area contributed by atoms with Crippen LogP contribution in [0.3, 0.4) is 0 Å². The van der Waals surface area contributed by atoms with E-state index in [-0.39, 0.29) is 21.6 Å². The SMILES string of the molecule is Cc1ccc(C(C)(C)C)cc1S(=O)(=O)Nc1cccc(C(=O)NCC(=O)NCC(F)(F)F)c1. The molecule has 0 saturated heterocycles. The molecule has 2 rings (SSSR count). The van der Waals surface area contributed by atoms with Crippen molar-refractivity contribution in [3.63, 3.8) is 0 Å². The number of aryl methyl sites for hydroxylation is 1. The number of hydrogen-bond acceptors (Lipinski definition) is 4. The van der Waals surface area contributed by atoms with Gasteiger partial charge in [0.1, 0.15) is 6.54 Å². The molecule has 0 radical (unpaired) electrons. The predicted octanol–water partition coefficient (Wildman–Crippen LogP) is 3.50. The third-order valence-corrected chi connectivity index (χ3v) is 6.14. The standard InChI is InChI=1S/C22H26F3N3O4S/c1-14-8-9-16(21(2,3)4)11-18(14)33(31,32)28-17-7-5-6-15(10-17)20(30)26-12-19(29)27-13-22(23,24)25/h5-11,28H,12-13H2,1-4H3,(H,26,30)(H,27,29). The molecule has 0 aliphatic heterocycles. The third-order valence-electron chi connectivity index (χ3n) is 4.62. The molecule has 7 nitrogen and oxygen atoms in total. The van der Waals surface area contributed by atoms with Gasteiger partial charge in [-0.3, -0.25) is 14.3 Å². The Morgan fingerprint density at radius 2 is 1.64 bits per heavy atom. The average molecular weight is 486 g/mol. The van der Waals surface area contributed by atoms with Crippen molar-refractivity contribution in [3.05, 3.63) is 59.2 Å². The minimum Gasteiger partial charge on any atom is -0.345 e. The van der Waals surface area contributed by atoms with Gasteiger partial charge in [0.25, 0.3) is 15.9 Å². The quantitative estimate of drug-likeness (QED) is 0.558. The Labute approximate surface area is 190 Å². The first kappa shape index (κ1) is 26.2. The fourth-order valence-electron chi connectivity index (χ4n) is 2.81. The highest BCUT2D eigenvalue weighted by atomic mass is 32.2. The van der Waals surface area contributed by atoms with E-state index >= 15 is 0 Å². The van der Waals surface area contributed by atoms with Crippen LogP contribution in [0.25, 0.3) is 0 Å². The number of nitrogens with one attached hydrogen (secondary N) is 3. The number of carbonyl (C=O) groups is 2. The Morgan fingerprint density at radius 1 is 0.970 bits per heavy atom. The van der Waals surface area contributed by atoms with Crippen LogP contribution in [0.2, 0.25) is 0 Å². The molecule has 0 aliphatic carbocycles. The normalized spacial score (nSPS) is 12.2. The highest BCUT2D eigenvalue weighted by Gasteiger charge is 2.27. The van der Waals surface area contributed by atoms with E-state index in [0.717, 1.165) is 5.56 Å². The lowest BCUT2D eigenvalue weighted by Gasteiger charge is -2.21. The number of carbonyl (C=O) groups excluding carboxylic acids is 2. The van der Waals surface area contributed by atoms with Gasteiger partial charge in [-0.25, -0.2) is 8.42 Å². The van der Waals surface area contributed by atoms with Crippen LogP contribution in [0.4, 0.5) is 18.9 Å². The van der Waals surface area contributed by atoms with Gasteiger partial charge in [0.15, 0.2) is 0 Å². The van der Waals surface area contributed by atoms with Crippen molar-refractivity contribution in [2.24, 2.45) is 0 Å². The molecule has 2 aromatic carbocycles. The van der Waals surface area contributed by atoms with Gasteiger partial charge < -0.3 is 10.6 Å². The van der Waals surface area contributed by atoms with Crippen molar-refractivity contribution >= 4 is 27.5 Å². The van der Waals surface area contributed by atoms with Crippen LogP contribution in [0, 0.1) is 6.92 Å². The molecule has 33 heavy (non-hydrogen) atoms. The van der Waals surface area contributed by atoms with Crippen LogP contribution in [0.1, 0.15) is 42.3 Å². The molecule has 0 bridgehead atoms. The van der Waals surface area contributed by atoms with Crippen LogP contribution in [-0.2, 0) is 20.2 Å². The van der Waals surface area contributed by atoms with Crippen LogP contribution in [0.15, 0.2) is 47.4 Å². The predicted molar refractivity (Wildman–Crippen MR) is 119 cm³/mol. The Morgan fingerprint density at radius 3 is 2.24 bits per heavy atom. The zero-order chi connectivity index (χ0) is 25.0. The highest BCUT2D eigenvalue weighted by Crippen LogP contribution is 2.28. The van der Waals surface area contributed by atoms with Gasteiger partial charge >= 0.3 is 6.18 Å². The third kappa shape index (κ3) is 7.77. The summed E-state index contributed by atoms with van der Waals surface area (Å²) in [5.74, 6) is -1.75. The van der Waals surface area contributed by atoms with Gasteiger partial charge in [0.05, 0.1) is 11.4 Å². The van der Waals surface area contributed by atoms with Crippen molar-refractivity contribution in [1.29, 1.82) is 0 Å². The summed E-state index contributed by atoms with van der Waals surface area (Å²) in [4.78, 5) is 23.8. The van der Waals surface area contributed by atoms with Crippen molar-refractivity contribution < 1.29 is 31.2 Å². The summed E-state index contributed by atoms with van der Waals surface area (Å²) in [6, 6.07) is 10.7. The monoisotopic (exact) mass is 485 g/mol. The highest BCUT2D eigenvalue weighted by molar-refractivity contribution is 7.92. The van der Waals surface area contributed by atoms with Crippen molar-refractivity contribution in [2.75, 3.05) is 17.8 Å². The van der Waals surface area contributed by atoms with Gasteiger partial charge in [0, 0.05) is 11.3 Å². The van der Waals surface area contributed by atoms with E-state index in [2.05, 4.69) is 10.0 Å². The Hall–Kier alpha value is -3.08. The summed E-state index contributed by atoms with van der Waals surface area (Å²) in [6.45, 7) is 5.40. The molecule has 180 valence electrons. The summed E-state index contributed by atoms with van der Waals surface area (Å²) < 4.78 is 64.8. The zero-order valence-corrected chi connectivity index (χ0v) is 19.4. The fraction of sp³-hybridized carbons (Fsp3) is 0.364. The molecule has 0 aliphatic rings. The number of anilines is 1. The van der Waals surface area contributed by atoms with Crippen LogP contribution in [-0.4, -0.2) is 39.5 Å². The summed E-state index contributed by atoms with van der Waals surface area (Å²) in [5, 5.41) is 3.83. The Balaban J connectivity index is 2.13. The summed E-state index contributed by atoms with van der Waals surface area (Å²) in [7, 11) is -3.97. The Bertz CT molecular complexity index is 1140. The molecular formula is C22H26F3N3O4S. The lowest BCUT2D eigenvalue weighted by Crippen LogP contribution is -2.40. The molecular weight excluding hydrogens is 459 g/mol. The number of hydrogen-bond donors (Lipinski definition) is 3. The van der Waals surface area contributed by atoms with Gasteiger partial charge in [-0.1, -0.05) is 39.0 Å². The van der Waals surface area contributed by atoms with E-state index in [1.165, 1.54) is 24.3 Å². The molecule has 0 heterocycles. The van der Waals surface area contributed by atoms with Crippen LogP contribution < -0.4 is 15.4 Å². The largest absolute Gasteiger partial charge is 0.405 e. The molecule has 0 atom stereocenters. The van der Waals surface area contributed by atoms with E-state index in [1.807, 2.05) is 26.8 Å². The minimum absolute atomic E-state index is 0.0268. The van der Waals surface area contributed by atoms with Gasteiger partial charge in [-0.15, -0.1) is 0 Å². The number of alkyl halides is 3. The smallest absolute Gasteiger partial charge is 0.345 e. The first-order valence-corrected chi connectivity index (χ1v) is 11.4. The molecule has 11 heteroatoms. The van der Waals surface area contributed by atoms with E-state index in [1.54, 1.807) is 24.4 Å². The fourth-order valence-corrected chi connectivity index (χ4v) is 4.14. The molecule has 0 unspecified atom stereocenters. The van der Waals surface area contributed by atoms with Crippen molar-refractivity contribution in [1.82, 2.24) is 10.6 Å². The molecule has 3 N–H and O–H groups in total. The lowest BCUT2D eigenvalue weighted by atomic mass is 9.87. The van der Waals surface area contributed by atoms with Crippen molar-refractivity contribution in [2.45, 2.75) is 44.2 Å². The number of benzene rings is 2. The van der Waals surface area contributed by atoms with Crippen molar-refractivity contribution in [3.8, 4) is 0 Å². The number of halogens is 3. The molecule has 2 aromatic rings. The summed E-state index contributed by atoms with van der Waals surface area (Å²) >= 11 is 0. The maximum atomic E-state index is 13.0. The van der Waals surface area contributed by atoms with Crippen LogP contribution >= 0.6 is 0 Å². The first-order valence-electron chi connectivity index (χ1n) is 9.94. The molecule has 0 fully saturated rings. The number of sulfonamides is 1. The zero-order valence-electron chi connectivity index (χ0n) is 18.6. The molecule has 0 aromatic heterocycles. The van der Waals surface area contributed by atoms with E-state index in [4.69, 9.17) is 0 Å². The summed E-state index contributed by atoms with van der Waals surface area (Å²) in [6.07, 6.45) is -4.56. The van der Waals surface area contributed by atoms with Gasteiger partial charge in [-0.05, 0) is 47.7 Å². The van der Waals surface area contributed by atoms with Gasteiger partial charge in [-0.2, -0.15) is 13.2 Å². The van der Waals surface area contributed by atoms with E-state index < -0.39 is 41.1 Å². The summed E-state index contributed by atoms with van der Waals surface area (Å²) in [5.41, 5.74) is 1.27. The maximum absolute atomic E-state index is 13.0. The van der Waals surface area contributed by atoms with Crippen LogP contribution in [0.5, 0.6) is 0 Å². The number of amides is 2. The minimum atomic E-state index is -4.56. The Kier molecular flexibility index (Phi) is 7.79. The molecule has 0 spiro atoms. The number of rotatable bonds is 7. The van der Waals surface area contributed by atoms with E-state index in [0.29, 0.717) is 5.56 Å². The molecule has 2 amide bonds. The first-order chi connectivity index (χ1) is 15.1. The topological polar surface area (TPSA) is 104 Å². The second-order valence-electron chi connectivity index (χ2n) is 8.49. The van der Waals surface area contributed by atoms with E-state index in [9.17, 15) is 31.2 Å². The van der Waals surface area contributed by atoms with Gasteiger partial charge in [0.2, 0.25) is 5.91 Å². The second kappa shape index (κ2) is 9.82. The lowest BCUT2D eigenvalue weighted by molar-refractivity contribution is -0.137. The second-order valence-corrected chi connectivity index (χ2v) is 10.1. The average Bonchev–Trinajstić information content (AvgIpc) is 2.69. The maximum Gasteiger partial charge on any atom is 0.405 e.